The molecule has 0 aromatic heterocycles. The Morgan fingerprint density at radius 1 is 1.11 bits per heavy atom. The Labute approximate surface area is 223 Å². The Bertz CT molecular complexity index is 1160. The van der Waals surface area contributed by atoms with Gasteiger partial charge in [-0.1, -0.05) is 41.4 Å². The Morgan fingerprint density at radius 2 is 1.78 bits per heavy atom. The number of primary amides is 1. The highest BCUT2D eigenvalue weighted by molar-refractivity contribution is 7.86. The van der Waals surface area contributed by atoms with Crippen LogP contribution >= 0.6 is 11.6 Å². The number of nitrogens with one attached hydrogen (secondary N) is 1. The number of aryl methyl sites for hydroxylation is 2. The van der Waals surface area contributed by atoms with Crippen molar-refractivity contribution < 1.29 is 31.7 Å². The molecule has 1 unspecified atom stereocenters. The molecule has 3 N–H and O–H groups in total. The molecule has 2 aromatic carbocycles. The molecule has 1 atom stereocenters. The Balaban J connectivity index is 1.94. The van der Waals surface area contributed by atoms with E-state index in [4.69, 9.17) is 31.0 Å². The van der Waals surface area contributed by atoms with Crippen molar-refractivity contribution in [2.45, 2.75) is 69.9 Å². The quantitative estimate of drug-likeness (QED) is 0.274. The van der Waals surface area contributed by atoms with E-state index >= 15 is 0 Å². The molecule has 9 nitrogen and oxygen atoms in total. The maximum Gasteiger partial charge on any atom is 0.407 e. The predicted octanol–water partition coefficient (Wildman–Crippen LogP) is 4.52. The van der Waals surface area contributed by atoms with Gasteiger partial charge in [-0.15, -0.1) is 0 Å². The van der Waals surface area contributed by atoms with E-state index in [0.717, 1.165) is 11.1 Å². The summed E-state index contributed by atoms with van der Waals surface area (Å²) in [6, 6.07) is 11.2. The number of hydrogen-bond donors (Lipinski definition) is 2. The first-order chi connectivity index (χ1) is 17.3. The number of halogens is 1. The average Bonchev–Trinajstić information content (AvgIpc) is 2.79. The lowest BCUT2D eigenvalue weighted by molar-refractivity contribution is -0.118. The summed E-state index contributed by atoms with van der Waals surface area (Å²) < 4.78 is 41.0. The second kappa shape index (κ2) is 13.6. The molecular formula is C26H35ClN2O7S. The highest BCUT2D eigenvalue weighted by Gasteiger charge is 2.21. The number of alkyl carbamates (subject to hydrolysis) is 1. The van der Waals surface area contributed by atoms with Crippen LogP contribution in [0.25, 0.3) is 0 Å². The van der Waals surface area contributed by atoms with Gasteiger partial charge in [-0.05, 0) is 70.7 Å². The fourth-order valence-electron chi connectivity index (χ4n) is 3.24. The van der Waals surface area contributed by atoms with Gasteiger partial charge in [0, 0.05) is 6.42 Å². The van der Waals surface area contributed by atoms with E-state index in [2.05, 4.69) is 5.32 Å². The molecule has 11 heteroatoms. The van der Waals surface area contributed by atoms with Gasteiger partial charge in [-0.25, -0.2) is 4.79 Å². The number of hydrogen-bond acceptors (Lipinski definition) is 7. The summed E-state index contributed by atoms with van der Waals surface area (Å²) in [5.41, 5.74) is 6.28. The monoisotopic (exact) mass is 554 g/mol. The average molecular weight is 555 g/mol. The van der Waals surface area contributed by atoms with Crippen LogP contribution in [0.5, 0.6) is 5.75 Å². The summed E-state index contributed by atoms with van der Waals surface area (Å²) in [4.78, 5) is 23.5. The highest BCUT2D eigenvalue weighted by atomic mass is 35.5. The second-order valence-electron chi connectivity index (χ2n) is 9.58. The molecule has 0 aliphatic carbocycles. The van der Waals surface area contributed by atoms with Crippen LogP contribution in [0.4, 0.5) is 4.79 Å². The summed E-state index contributed by atoms with van der Waals surface area (Å²) in [6.07, 6.45) is 0.559. The summed E-state index contributed by atoms with van der Waals surface area (Å²) in [7, 11) is -3.84. The van der Waals surface area contributed by atoms with Crippen LogP contribution in [-0.2, 0) is 30.3 Å². The van der Waals surface area contributed by atoms with E-state index in [1.807, 2.05) is 13.0 Å². The van der Waals surface area contributed by atoms with Crippen molar-refractivity contribution in [2.75, 3.05) is 13.2 Å². The molecular weight excluding hydrogens is 520 g/mol. The number of amides is 2. The molecule has 0 spiro atoms. The van der Waals surface area contributed by atoms with Gasteiger partial charge in [0.2, 0.25) is 5.91 Å². The standard InChI is InChI=1S/C26H35ClN2O7S/c1-18-10-13-21(14-11-18)37(32,33)35-16-6-8-19-7-5-9-22(24(19)27)34-17-20(12-15-23(28)30)29-25(31)36-26(2,3)4/h5,7,9-11,13-14,20H,6,8,12,15-17H2,1-4H3,(H2,28,30)(H,29,31). The van der Waals surface area contributed by atoms with Crippen LogP contribution in [0.3, 0.4) is 0 Å². The fourth-order valence-corrected chi connectivity index (χ4v) is 4.46. The normalized spacial score (nSPS) is 12.6. The lowest BCUT2D eigenvalue weighted by Crippen LogP contribution is -2.42. The van der Waals surface area contributed by atoms with Crippen LogP contribution < -0.4 is 15.8 Å². The van der Waals surface area contributed by atoms with Crippen molar-refractivity contribution in [3.05, 3.63) is 58.6 Å². The number of carbonyl (C=O) groups is 2. The van der Waals surface area contributed by atoms with Gasteiger partial charge in [0.1, 0.15) is 18.0 Å². The molecule has 37 heavy (non-hydrogen) atoms. The minimum Gasteiger partial charge on any atom is -0.490 e. The largest absolute Gasteiger partial charge is 0.490 e. The first kappa shape index (κ1) is 30.4. The summed E-state index contributed by atoms with van der Waals surface area (Å²) in [6.45, 7) is 7.14. The molecule has 204 valence electrons. The van der Waals surface area contributed by atoms with Crippen molar-refractivity contribution in [3.63, 3.8) is 0 Å². The number of nitrogens with two attached hydrogens (primary N) is 1. The van der Waals surface area contributed by atoms with E-state index in [0.29, 0.717) is 23.6 Å². The van der Waals surface area contributed by atoms with Gasteiger partial charge in [-0.2, -0.15) is 8.42 Å². The van der Waals surface area contributed by atoms with Crippen LogP contribution in [0.2, 0.25) is 5.02 Å². The van der Waals surface area contributed by atoms with Gasteiger partial charge in [-0.3, -0.25) is 8.98 Å². The third-order valence-electron chi connectivity index (χ3n) is 5.08. The number of rotatable bonds is 13. The highest BCUT2D eigenvalue weighted by Crippen LogP contribution is 2.29. The molecule has 0 fully saturated rings. The molecule has 0 bridgehead atoms. The van der Waals surface area contributed by atoms with Crippen molar-refractivity contribution in [3.8, 4) is 5.75 Å². The van der Waals surface area contributed by atoms with Gasteiger partial charge in [0.05, 0.1) is 22.6 Å². The maximum atomic E-state index is 12.3. The zero-order valence-electron chi connectivity index (χ0n) is 21.6. The van der Waals surface area contributed by atoms with Gasteiger partial charge in [0.15, 0.2) is 0 Å². The van der Waals surface area contributed by atoms with Crippen molar-refractivity contribution in [1.82, 2.24) is 5.32 Å². The number of carbonyl (C=O) groups excluding carboxylic acids is 2. The first-order valence-corrected chi connectivity index (χ1v) is 13.7. The molecule has 0 aliphatic heterocycles. The minimum absolute atomic E-state index is 0.00732. The zero-order valence-corrected chi connectivity index (χ0v) is 23.2. The van der Waals surface area contributed by atoms with Gasteiger partial charge >= 0.3 is 6.09 Å². The maximum absolute atomic E-state index is 12.3. The third kappa shape index (κ3) is 11.0. The van der Waals surface area contributed by atoms with E-state index in [1.54, 1.807) is 45.0 Å². The lowest BCUT2D eigenvalue weighted by Gasteiger charge is -2.24. The smallest absolute Gasteiger partial charge is 0.407 e. The molecule has 2 amide bonds. The number of ether oxygens (including phenoxy) is 2. The molecule has 0 aliphatic rings. The molecule has 0 saturated heterocycles. The van der Waals surface area contributed by atoms with Crippen molar-refractivity contribution in [2.24, 2.45) is 5.73 Å². The van der Waals surface area contributed by atoms with Gasteiger partial charge in [0.25, 0.3) is 10.1 Å². The Kier molecular flexibility index (Phi) is 11.2. The van der Waals surface area contributed by atoms with Crippen molar-refractivity contribution in [1.29, 1.82) is 0 Å². The summed E-state index contributed by atoms with van der Waals surface area (Å²) in [5.74, 6) is -0.106. The van der Waals surface area contributed by atoms with Crippen LogP contribution in [0.15, 0.2) is 47.4 Å². The second-order valence-corrected chi connectivity index (χ2v) is 11.6. The molecule has 0 heterocycles. The third-order valence-corrected chi connectivity index (χ3v) is 6.84. The molecule has 2 rings (SSSR count). The molecule has 0 saturated carbocycles. The minimum atomic E-state index is -3.84. The topological polar surface area (TPSA) is 134 Å². The Morgan fingerprint density at radius 3 is 2.41 bits per heavy atom. The van der Waals surface area contributed by atoms with Gasteiger partial charge < -0.3 is 20.5 Å². The zero-order chi connectivity index (χ0) is 27.6. The summed E-state index contributed by atoms with van der Waals surface area (Å²) in [5, 5.41) is 3.07. The summed E-state index contributed by atoms with van der Waals surface area (Å²) >= 11 is 6.52. The first-order valence-electron chi connectivity index (χ1n) is 11.9. The SMILES string of the molecule is Cc1ccc(S(=O)(=O)OCCCc2cccc(OCC(CCC(N)=O)NC(=O)OC(C)(C)C)c2Cl)cc1. The van der Waals surface area contributed by atoms with Crippen LogP contribution in [0, 0.1) is 6.92 Å². The number of benzene rings is 2. The lowest BCUT2D eigenvalue weighted by atomic mass is 10.1. The van der Waals surface area contributed by atoms with E-state index in [9.17, 15) is 18.0 Å². The molecule has 2 aromatic rings. The van der Waals surface area contributed by atoms with Crippen LogP contribution in [-0.4, -0.2) is 45.3 Å². The van der Waals surface area contributed by atoms with Crippen molar-refractivity contribution >= 4 is 33.7 Å². The fraction of sp³-hybridized carbons (Fsp3) is 0.462. The van der Waals surface area contributed by atoms with E-state index in [1.165, 1.54) is 12.1 Å². The Hall–Kier alpha value is -2.82. The van der Waals surface area contributed by atoms with E-state index < -0.39 is 33.8 Å². The van der Waals surface area contributed by atoms with Crippen LogP contribution in [0.1, 0.15) is 51.2 Å². The predicted molar refractivity (Wildman–Crippen MR) is 141 cm³/mol. The molecule has 0 radical (unpaired) electrons. The van der Waals surface area contributed by atoms with E-state index in [-0.39, 0.29) is 31.0 Å².